The maximum Gasteiger partial charge on any atom is 0.411 e. The minimum Gasteiger partial charge on any atom is -0.446 e. The minimum atomic E-state index is -3.00. The molecule has 0 aliphatic carbocycles. The summed E-state index contributed by atoms with van der Waals surface area (Å²) in [4.78, 5) is 19.5. The van der Waals surface area contributed by atoms with E-state index in [9.17, 15) is 13.2 Å². The van der Waals surface area contributed by atoms with Crippen molar-refractivity contribution in [3.8, 4) is 0 Å². The quantitative estimate of drug-likeness (QED) is 0.233. The fraction of sp³-hybridized carbons (Fsp3) is 0.355. The van der Waals surface area contributed by atoms with E-state index in [1.54, 1.807) is 10.7 Å². The van der Waals surface area contributed by atoms with Gasteiger partial charge in [0.15, 0.2) is 5.82 Å². The number of hydrogen-bond donors (Lipinski definition) is 2. The number of likely N-dealkylation sites (tertiary alicyclic amines) is 1. The molecular formula is C31H36N8O4S. The van der Waals surface area contributed by atoms with Crippen LogP contribution in [0, 0.1) is 0 Å². The lowest BCUT2D eigenvalue weighted by Crippen LogP contribution is -2.40. The number of nitrogens with zero attached hydrogens (tertiary/aromatic N) is 6. The highest BCUT2D eigenvalue weighted by molar-refractivity contribution is 7.90. The monoisotopic (exact) mass is 616 g/mol. The lowest BCUT2D eigenvalue weighted by atomic mass is 10.1. The van der Waals surface area contributed by atoms with E-state index in [0.717, 1.165) is 27.7 Å². The Labute approximate surface area is 255 Å². The second kappa shape index (κ2) is 12.6. The highest BCUT2D eigenvalue weighted by atomic mass is 32.2. The number of fused-ring (bicyclic) bond motifs is 2. The molecule has 12 nitrogen and oxygen atoms in total. The number of aryl methyl sites for hydroxylation is 1. The molecule has 13 heteroatoms. The second-order valence-electron chi connectivity index (χ2n) is 11.2. The summed E-state index contributed by atoms with van der Waals surface area (Å²) < 4.78 is 32.4. The molecule has 44 heavy (non-hydrogen) atoms. The SMILES string of the molecule is CCc1c(NC(=O)OC2CCN(CCS(C)(=O)=O)CC2)cn2ncnc(Nc3ccc4c(cnn4Cc4ccccc4)c3)c12. The first-order valence-electron chi connectivity index (χ1n) is 14.7. The highest BCUT2D eigenvalue weighted by Crippen LogP contribution is 2.31. The summed E-state index contributed by atoms with van der Waals surface area (Å²) in [6.45, 7) is 4.58. The third kappa shape index (κ3) is 6.84. The van der Waals surface area contributed by atoms with Crippen LogP contribution in [0.3, 0.4) is 0 Å². The van der Waals surface area contributed by atoms with Gasteiger partial charge in [0.2, 0.25) is 0 Å². The van der Waals surface area contributed by atoms with Gasteiger partial charge in [0.05, 0.1) is 35.9 Å². The van der Waals surface area contributed by atoms with Crippen molar-refractivity contribution in [3.63, 3.8) is 0 Å². The number of carbonyl (C=O) groups excluding carboxylic acids is 1. The number of anilines is 3. The van der Waals surface area contributed by atoms with Gasteiger partial charge in [-0.05, 0) is 43.0 Å². The van der Waals surface area contributed by atoms with E-state index < -0.39 is 15.9 Å². The van der Waals surface area contributed by atoms with Crippen LogP contribution in [0.25, 0.3) is 16.4 Å². The molecule has 4 heterocycles. The summed E-state index contributed by atoms with van der Waals surface area (Å²) in [5, 5.41) is 16.3. The van der Waals surface area contributed by atoms with Crippen molar-refractivity contribution in [1.82, 2.24) is 29.3 Å². The van der Waals surface area contributed by atoms with Gasteiger partial charge in [-0.15, -0.1) is 0 Å². The molecule has 6 rings (SSSR count). The molecule has 3 aromatic heterocycles. The number of piperidine rings is 1. The van der Waals surface area contributed by atoms with Gasteiger partial charge in [-0.3, -0.25) is 10.00 Å². The van der Waals surface area contributed by atoms with Crippen LogP contribution in [0.1, 0.15) is 30.9 Å². The Bertz CT molecular complexity index is 1880. The summed E-state index contributed by atoms with van der Waals surface area (Å²) in [6.07, 6.45) is 7.56. The molecule has 2 aromatic carbocycles. The highest BCUT2D eigenvalue weighted by Gasteiger charge is 2.24. The van der Waals surface area contributed by atoms with Gasteiger partial charge in [0, 0.05) is 42.5 Å². The first kappa shape index (κ1) is 29.6. The first-order chi connectivity index (χ1) is 21.3. The Hall–Kier alpha value is -4.49. The van der Waals surface area contributed by atoms with Crippen LogP contribution >= 0.6 is 0 Å². The van der Waals surface area contributed by atoms with Crippen molar-refractivity contribution >= 4 is 49.5 Å². The molecule has 1 fully saturated rings. The van der Waals surface area contributed by atoms with E-state index in [1.807, 2.05) is 54.2 Å². The van der Waals surface area contributed by atoms with Crippen LogP contribution in [0.4, 0.5) is 22.0 Å². The molecule has 5 aromatic rings. The van der Waals surface area contributed by atoms with Crippen molar-refractivity contribution in [2.24, 2.45) is 0 Å². The van der Waals surface area contributed by atoms with Gasteiger partial charge >= 0.3 is 6.09 Å². The number of ether oxygens (including phenoxy) is 1. The van der Waals surface area contributed by atoms with Crippen molar-refractivity contribution < 1.29 is 17.9 Å². The predicted octanol–water partition coefficient (Wildman–Crippen LogP) is 4.49. The van der Waals surface area contributed by atoms with Crippen molar-refractivity contribution in [2.75, 3.05) is 42.3 Å². The Balaban J connectivity index is 1.13. The third-order valence-electron chi connectivity index (χ3n) is 7.94. The second-order valence-corrected chi connectivity index (χ2v) is 13.4. The van der Waals surface area contributed by atoms with E-state index in [1.165, 1.54) is 18.1 Å². The van der Waals surface area contributed by atoms with Crippen LogP contribution in [0.5, 0.6) is 0 Å². The molecule has 2 N–H and O–H groups in total. The zero-order valence-corrected chi connectivity index (χ0v) is 25.6. The van der Waals surface area contributed by atoms with Crippen LogP contribution in [0.2, 0.25) is 0 Å². The van der Waals surface area contributed by atoms with Crippen LogP contribution in [0.15, 0.2) is 67.3 Å². The summed E-state index contributed by atoms with van der Waals surface area (Å²) in [7, 11) is -3.00. The van der Waals surface area contributed by atoms with Gasteiger partial charge in [-0.25, -0.2) is 22.7 Å². The van der Waals surface area contributed by atoms with Crippen LogP contribution in [-0.2, 0) is 27.5 Å². The van der Waals surface area contributed by atoms with Gasteiger partial charge in [-0.1, -0.05) is 37.3 Å². The van der Waals surface area contributed by atoms with Crippen molar-refractivity contribution in [3.05, 3.63) is 78.4 Å². The average molecular weight is 617 g/mol. The molecule has 0 atom stereocenters. The normalized spacial score (nSPS) is 14.7. The molecule has 0 saturated carbocycles. The Morgan fingerprint density at radius 1 is 1.09 bits per heavy atom. The molecule has 1 aliphatic rings. The first-order valence-corrected chi connectivity index (χ1v) is 16.8. The van der Waals surface area contributed by atoms with E-state index in [4.69, 9.17) is 4.74 Å². The minimum absolute atomic E-state index is 0.134. The number of hydrogen-bond acceptors (Lipinski definition) is 9. The largest absolute Gasteiger partial charge is 0.446 e. The van der Waals surface area contributed by atoms with Gasteiger partial charge in [0.1, 0.15) is 27.8 Å². The summed E-state index contributed by atoms with van der Waals surface area (Å²) in [5.41, 5.74) is 5.35. The zero-order chi connectivity index (χ0) is 30.7. The van der Waals surface area contributed by atoms with E-state index in [-0.39, 0.29) is 11.9 Å². The Morgan fingerprint density at radius 3 is 2.64 bits per heavy atom. The number of sulfone groups is 1. The Morgan fingerprint density at radius 2 is 1.89 bits per heavy atom. The molecule has 1 saturated heterocycles. The number of aromatic nitrogens is 5. The molecular weight excluding hydrogens is 580 g/mol. The van der Waals surface area contributed by atoms with E-state index in [2.05, 4.69) is 42.8 Å². The molecule has 0 unspecified atom stereocenters. The standard InChI is InChI=1S/C31H36N8O4S/c1-3-26-27(36-31(40)43-25-11-13-37(14-12-25)15-16-44(2,41)42)20-39-29(26)30(32-21-34-39)35-24-9-10-28-23(17-24)18-33-38(28)19-22-7-5-4-6-8-22/h4-10,17-18,20-21,25H,3,11-16,19H2,1-2H3,(H,36,40)(H,32,34,35). The Kier molecular flexibility index (Phi) is 8.49. The molecule has 1 aliphatic heterocycles. The van der Waals surface area contributed by atoms with Crippen LogP contribution in [-0.4, -0.2) is 81.5 Å². The lowest BCUT2D eigenvalue weighted by Gasteiger charge is -2.31. The van der Waals surface area contributed by atoms with Crippen molar-refractivity contribution in [2.45, 2.75) is 38.8 Å². The van der Waals surface area contributed by atoms with Gasteiger partial charge in [-0.2, -0.15) is 10.2 Å². The maximum atomic E-state index is 12.9. The van der Waals surface area contributed by atoms with Gasteiger partial charge in [0.25, 0.3) is 0 Å². The van der Waals surface area contributed by atoms with E-state index >= 15 is 0 Å². The maximum absolute atomic E-state index is 12.9. The summed E-state index contributed by atoms with van der Waals surface area (Å²) >= 11 is 0. The zero-order valence-electron chi connectivity index (χ0n) is 24.8. The predicted molar refractivity (Wildman–Crippen MR) is 170 cm³/mol. The fourth-order valence-corrected chi connectivity index (χ4v) is 6.24. The average Bonchev–Trinajstić information content (AvgIpc) is 3.57. The number of amides is 1. The topological polar surface area (TPSA) is 136 Å². The number of nitrogens with one attached hydrogen (secondary N) is 2. The molecule has 0 spiro atoms. The van der Waals surface area contributed by atoms with Crippen LogP contribution < -0.4 is 10.6 Å². The summed E-state index contributed by atoms with van der Waals surface area (Å²) in [5.74, 6) is 0.755. The number of carbonyl (C=O) groups is 1. The molecule has 0 bridgehead atoms. The number of benzene rings is 2. The van der Waals surface area contributed by atoms with Crippen molar-refractivity contribution in [1.29, 1.82) is 0 Å². The molecule has 1 amide bonds. The molecule has 230 valence electrons. The smallest absolute Gasteiger partial charge is 0.411 e. The van der Waals surface area contributed by atoms with E-state index in [0.29, 0.717) is 56.9 Å². The molecule has 0 radical (unpaired) electrons. The number of rotatable bonds is 10. The lowest BCUT2D eigenvalue weighted by molar-refractivity contribution is 0.0608. The fourth-order valence-electron chi connectivity index (χ4n) is 5.65. The summed E-state index contributed by atoms with van der Waals surface area (Å²) in [6, 6.07) is 16.3. The van der Waals surface area contributed by atoms with Gasteiger partial charge < -0.3 is 15.0 Å². The third-order valence-corrected chi connectivity index (χ3v) is 8.86.